The Bertz CT molecular complexity index is 765. The van der Waals surface area contributed by atoms with Gasteiger partial charge in [-0.2, -0.15) is 0 Å². The van der Waals surface area contributed by atoms with E-state index in [2.05, 4.69) is 71.9 Å². The highest BCUT2D eigenvalue weighted by atomic mass is 16.3. The molecular weight excluding hydrogens is 352 g/mol. The van der Waals surface area contributed by atoms with Crippen molar-refractivity contribution in [1.29, 1.82) is 0 Å². The molecule has 4 aliphatic carbocycles. The molecule has 1 nitrogen and oxygen atoms in total. The zero-order valence-corrected chi connectivity index (χ0v) is 19.5. The summed E-state index contributed by atoms with van der Waals surface area (Å²) < 4.78 is 0. The molecular formula is C28H42O. The Balaban J connectivity index is 1.58. The molecule has 160 valence electrons. The Morgan fingerprint density at radius 3 is 2.45 bits per heavy atom. The Morgan fingerprint density at radius 1 is 1.00 bits per heavy atom. The van der Waals surface area contributed by atoms with Crippen LogP contribution in [0.3, 0.4) is 0 Å². The third-order valence-electron chi connectivity index (χ3n) is 9.47. The van der Waals surface area contributed by atoms with Gasteiger partial charge in [-0.15, -0.1) is 0 Å². The van der Waals surface area contributed by atoms with Crippen molar-refractivity contribution in [3.05, 3.63) is 47.1 Å². The van der Waals surface area contributed by atoms with E-state index < -0.39 is 0 Å². The second kappa shape index (κ2) is 7.56. The van der Waals surface area contributed by atoms with Crippen LogP contribution in [0.1, 0.15) is 80.1 Å². The van der Waals surface area contributed by atoms with Gasteiger partial charge in [0.1, 0.15) is 0 Å². The fourth-order valence-electron chi connectivity index (χ4n) is 6.93. The summed E-state index contributed by atoms with van der Waals surface area (Å²) in [4.78, 5) is 0. The van der Waals surface area contributed by atoms with Gasteiger partial charge in [0.05, 0.1) is 6.10 Å². The number of fused-ring (bicyclic) bond motifs is 5. The maximum Gasteiger partial charge on any atom is 0.0578 e. The van der Waals surface area contributed by atoms with Crippen LogP contribution in [0.25, 0.3) is 0 Å². The van der Waals surface area contributed by atoms with Crippen molar-refractivity contribution in [3.8, 4) is 0 Å². The lowest BCUT2D eigenvalue weighted by Crippen LogP contribution is -2.44. The van der Waals surface area contributed by atoms with Crippen molar-refractivity contribution in [1.82, 2.24) is 0 Å². The Labute approximate surface area is 179 Å². The smallest absolute Gasteiger partial charge is 0.0578 e. The normalized spacial score (nSPS) is 41.2. The van der Waals surface area contributed by atoms with Crippen LogP contribution >= 0.6 is 0 Å². The Morgan fingerprint density at radius 2 is 1.72 bits per heavy atom. The van der Waals surface area contributed by atoms with Crippen LogP contribution in [0, 0.1) is 40.4 Å². The first kappa shape index (κ1) is 21.2. The second-order valence-electron chi connectivity index (χ2n) is 11.4. The SMILES string of the molecule is CC(C)[C@@H](C)C=C[C@@H](C)[C@H]1CC=C2C3=CC=C4CC(O)CC[C@]4(C)[C@H]3CC[C@@]21C. The van der Waals surface area contributed by atoms with Crippen molar-refractivity contribution in [2.24, 2.45) is 40.4 Å². The number of aliphatic hydroxyl groups excluding tert-OH is 1. The van der Waals surface area contributed by atoms with Crippen LogP contribution in [0.2, 0.25) is 0 Å². The number of aliphatic hydroxyl groups is 1. The van der Waals surface area contributed by atoms with E-state index in [1.807, 2.05) is 0 Å². The minimum absolute atomic E-state index is 0.130. The molecule has 4 rings (SSSR count). The molecule has 0 radical (unpaired) electrons. The van der Waals surface area contributed by atoms with E-state index in [9.17, 15) is 5.11 Å². The molecule has 0 aliphatic heterocycles. The average Bonchev–Trinajstić information content (AvgIpc) is 3.03. The zero-order chi connectivity index (χ0) is 21.0. The highest BCUT2D eigenvalue weighted by molar-refractivity contribution is 5.51. The lowest BCUT2D eigenvalue weighted by Gasteiger charge is -2.53. The molecule has 0 aromatic rings. The third-order valence-corrected chi connectivity index (χ3v) is 9.47. The largest absolute Gasteiger partial charge is 0.393 e. The second-order valence-corrected chi connectivity index (χ2v) is 11.4. The number of hydrogen-bond donors (Lipinski definition) is 1. The van der Waals surface area contributed by atoms with Crippen molar-refractivity contribution in [2.75, 3.05) is 0 Å². The van der Waals surface area contributed by atoms with Crippen molar-refractivity contribution in [3.63, 3.8) is 0 Å². The first-order valence-corrected chi connectivity index (χ1v) is 12.2. The van der Waals surface area contributed by atoms with E-state index in [0.29, 0.717) is 29.1 Å². The molecule has 0 bridgehead atoms. The van der Waals surface area contributed by atoms with Crippen molar-refractivity contribution >= 4 is 0 Å². The summed E-state index contributed by atoms with van der Waals surface area (Å²) in [5.41, 5.74) is 5.39. The minimum Gasteiger partial charge on any atom is -0.393 e. The van der Waals surface area contributed by atoms with Crippen LogP contribution in [0.4, 0.5) is 0 Å². The Kier molecular flexibility index (Phi) is 5.52. The number of hydrogen-bond acceptors (Lipinski definition) is 1. The van der Waals surface area contributed by atoms with Gasteiger partial charge in [0.15, 0.2) is 0 Å². The number of allylic oxidation sites excluding steroid dienone is 7. The standard InChI is InChI=1S/C28H42O/c1-18(2)19(3)7-8-20(4)24-11-12-25-23-10-9-21-17-22(29)13-15-27(21,5)26(23)14-16-28(24,25)6/h7-10,12,18-20,22,24,26,29H,11,13-17H2,1-6H3/t19-,20+,22?,24+,26-,27-,28+/m0/s1. The van der Waals surface area contributed by atoms with Gasteiger partial charge in [0.2, 0.25) is 0 Å². The first-order chi connectivity index (χ1) is 13.7. The van der Waals surface area contributed by atoms with Gasteiger partial charge in [0, 0.05) is 0 Å². The highest BCUT2D eigenvalue weighted by Crippen LogP contribution is 2.64. The lowest BCUT2D eigenvalue weighted by molar-refractivity contribution is 0.0719. The topological polar surface area (TPSA) is 20.2 Å². The van der Waals surface area contributed by atoms with Crippen molar-refractivity contribution < 1.29 is 5.11 Å². The molecule has 2 saturated carbocycles. The number of rotatable bonds is 4. The van der Waals surface area contributed by atoms with Gasteiger partial charge < -0.3 is 5.11 Å². The summed E-state index contributed by atoms with van der Waals surface area (Å²) in [6.07, 6.45) is 19.1. The van der Waals surface area contributed by atoms with Gasteiger partial charge in [-0.1, -0.05) is 77.5 Å². The maximum atomic E-state index is 10.2. The zero-order valence-electron chi connectivity index (χ0n) is 19.5. The summed E-state index contributed by atoms with van der Waals surface area (Å²) in [5.74, 6) is 3.37. The predicted molar refractivity (Wildman–Crippen MR) is 123 cm³/mol. The molecule has 4 aliphatic rings. The van der Waals surface area contributed by atoms with E-state index >= 15 is 0 Å². The molecule has 2 fully saturated rings. The molecule has 0 aromatic carbocycles. The van der Waals surface area contributed by atoms with Crippen LogP contribution < -0.4 is 0 Å². The molecule has 0 amide bonds. The van der Waals surface area contributed by atoms with E-state index in [0.717, 1.165) is 25.2 Å². The highest BCUT2D eigenvalue weighted by Gasteiger charge is 2.53. The Hall–Kier alpha value is -1.08. The lowest BCUT2D eigenvalue weighted by atomic mass is 9.51. The van der Waals surface area contributed by atoms with Crippen LogP contribution in [-0.4, -0.2) is 11.2 Å². The first-order valence-electron chi connectivity index (χ1n) is 12.2. The fourth-order valence-corrected chi connectivity index (χ4v) is 6.93. The minimum atomic E-state index is -0.130. The summed E-state index contributed by atoms with van der Waals surface area (Å²) >= 11 is 0. The van der Waals surface area contributed by atoms with Crippen LogP contribution in [-0.2, 0) is 0 Å². The quantitative estimate of drug-likeness (QED) is 0.498. The molecule has 0 spiro atoms. The monoisotopic (exact) mass is 394 g/mol. The van der Waals surface area contributed by atoms with E-state index in [1.165, 1.54) is 24.8 Å². The van der Waals surface area contributed by atoms with E-state index in [4.69, 9.17) is 0 Å². The summed E-state index contributed by atoms with van der Waals surface area (Å²) in [7, 11) is 0. The van der Waals surface area contributed by atoms with Gasteiger partial charge in [0.25, 0.3) is 0 Å². The maximum absolute atomic E-state index is 10.2. The molecule has 1 unspecified atom stereocenters. The summed E-state index contributed by atoms with van der Waals surface area (Å²) in [5, 5.41) is 10.2. The molecule has 0 heterocycles. The van der Waals surface area contributed by atoms with Crippen molar-refractivity contribution in [2.45, 2.75) is 86.2 Å². The summed E-state index contributed by atoms with van der Waals surface area (Å²) in [6, 6.07) is 0. The molecule has 29 heavy (non-hydrogen) atoms. The molecule has 7 atom stereocenters. The third kappa shape index (κ3) is 3.42. The van der Waals surface area contributed by atoms with E-state index in [-0.39, 0.29) is 11.5 Å². The van der Waals surface area contributed by atoms with Gasteiger partial charge in [-0.25, -0.2) is 0 Å². The predicted octanol–water partition coefficient (Wildman–Crippen LogP) is 7.25. The molecule has 0 saturated heterocycles. The van der Waals surface area contributed by atoms with Crippen LogP contribution in [0.15, 0.2) is 47.1 Å². The van der Waals surface area contributed by atoms with E-state index in [1.54, 1.807) is 11.1 Å². The van der Waals surface area contributed by atoms with Gasteiger partial charge >= 0.3 is 0 Å². The van der Waals surface area contributed by atoms with Gasteiger partial charge in [-0.3, -0.25) is 0 Å². The van der Waals surface area contributed by atoms with Crippen LogP contribution in [0.5, 0.6) is 0 Å². The fraction of sp³-hybridized carbons (Fsp3) is 0.714. The molecule has 1 heteroatoms. The van der Waals surface area contributed by atoms with Gasteiger partial charge in [-0.05, 0) is 90.1 Å². The molecule has 0 aromatic heterocycles. The summed E-state index contributed by atoms with van der Waals surface area (Å²) in [6.45, 7) is 14.5. The average molecular weight is 395 g/mol. The molecule has 1 N–H and O–H groups in total.